The third-order valence-corrected chi connectivity index (χ3v) is 2.11. The summed E-state index contributed by atoms with van der Waals surface area (Å²) in [5, 5.41) is 0. The van der Waals surface area contributed by atoms with Gasteiger partial charge in [-0.3, -0.25) is 0 Å². The fourth-order valence-corrected chi connectivity index (χ4v) is 1.23. The van der Waals surface area contributed by atoms with Gasteiger partial charge in [-0.15, -0.1) is 0 Å². The Morgan fingerprint density at radius 3 is 2.40 bits per heavy atom. The molecule has 0 heterocycles. The maximum atomic E-state index is 11.7. The SMILES string of the molecule is FSCc1ccc(Br)cc1. The number of benzene rings is 1. The van der Waals surface area contributed by atoms with Crippen molar-refractivity contribution in [3.63, 3.8) is 0 Å². The van der Waals surface area contributed by atoms with Gasteiger partial charge in [0.1, 0.15) is 0 Å². The van der Waals surface area contributed by atoms with Crippen LogP contribution in [0.4, 0.5) is 3.89 Å². The van der Waals surface area contributed by atoms with E-state index in [4.69, 9.17) is 0 Å². The summed E-state index contributed by atoms with van der Waals surface area (Å²) in [5.74, 6) is 0.438. The minimum absolute atomic E-state index is 0.345. The minimum atomic E-state index is 0.345. The lowest BCUT2D eigenvalue weighted by Crippen LogP contribution is -1.75. The van der Waals surface area contributed by atoms with Crippen molar-refractivity contribution >= 4 is 28.1 Å². The molecule has 10 heavy (non-hydrogen) atoms. The average molecular weight is 221 g/mol. The first-order valence-electron chi connectivity index (χ1n) is 2.81. The summed E-state index contributed by atoms with van der Waals surface area (Å²) in [6, 6.07) is 7.62. The molecule has 0 atom stereocenters. The normalized spacial score (nSPS) is 9.80. The van der Waals surface area contributed by atoms with Crippen molar-refractivity contribution < 1.29 is 3.89 Å². The summed E-state index contributed by atoms with van der Waals surface area (Å²) >= 11 is 3.64. The highest BCUT2D eigenvalue weighted by atomic mass is 79.9. The predicted molar refractivity (Wildman–Crippen MR) is 46.5 cm³/mol. The Balaban J connectivity index is 2.69. The molecule has 0 bridgehead atoms. The molecule has 1 aromatic rings. The van der Waals surface area contributed by atoms with Crippen LogP contribution in [0.5, 0.6) is 0 Å². The first kappa shape index (κ1) is 8.08. The molecule has 0 saturated heterocycles. The average Bonchev–Trinajstić information content (AvgIpc) is 1.95. The molecule has 0 saturated carbocycles. The van der Waals surface area contributed by atoms with Crippen molar-refractivity contribution in [1.29, 1.82) is 0 Å². The molecule has 0 aliphatic rings. The third kappa shape index (κ3) is 2.31. The van der Waals surface area contributed by atoms with Crippen molar-refractivity contribution in [2.75, 3.05) is 0 Å². The largest absolute Gasteiger partial charge is 0.165 e. The Morgan fingerprint density at radius 2 is 1.90 bits per heavy atom. The van der Waals surface area contributed by atoms with Crippen LogP contribution in [0.25, 0.3) is 0 Å². The van der Waals surface area contributed by atoms with Gasteiger partial charge in [-0.1, -0.05) is 28.1 Å². The smallest absolute Gasteiger partial charge is 0.0501 e. The summed E-state index contributed by atoms with van der Waals surface area (Å²) in [7, 11) is 0. The van der Waals surface area contributed by atoms with E-state index in [1.165, 1.54) is 0 Å². The van der Waals surface area contributed by atoms with E-state index < -0.39 is 0 Å². The van der Waals surface area contributed by atoms with Crippen LogP contribution in [0.1, 0.15) is 5.56 Å². The van der Waals surface area contributed by atoms with Crippen LogP contribution in [0, 0.1) is 0 Å². The van der Waals surface area contributed by atoms with Crippen molar-refractivity contribution in [1.82, 2.24) is 0 Å². The highest BCUT2D eigenvalue weighted by Crippen LogP contribution is 2.15. The summed E-state index contributed by atoms with van der Waals surface area (Å²) in [6.45, 7) is 0. The molecule has 0 radical (unpaired) electrons. The number of rotatable bonds is 2. The van der Waals surface area contributed by atoms with Crippen LogP contribution in [0.15, 0.2) is 28.7 Å². The van der Waals surface area contributed by atoms with E-state index in [2.05, 4.69) is 15.9 Å². The first-order chi connectivity index (χ1) is 4.83. The molecule has 3 heteroatoms. The highest BCUT2D eigenvalue weighted by Gasteiger charge is 1.91. The summed E-state index contributed by atoms with van der Waals surface area (Å²) < 4.78 is 12.7. The lowest BCUT2D eigenvalue weighted by Gasteiger charge is -1.94. The van der Waals surface area contributed by atoms with Crippen LogP contribution < -0.4 is 0 Å². The first-order valence-corrected chi connectivity index (χ1v) is 4.49. The zero-order valence-electron chi connectivity index (χ0n) is 5.18. The summed E-state index contributed by atoms with van der Waals surface area (Å²) in [6.07, 6.45) is 0. The molecular formula is C7H6BrFS. The maximum absolute atomic E-state index is 11.7. The number of halogens is 2. The lowest BCUT2D eigenvalue weighted by atomic mass is 10.2. The zero-order chi connectivity index (χ0) is 7.40. The van der Waals surface area contributed by atoms with Crippen LogP contribution in [-0.2, 0) is 5.75 Å². The van der Waals surface area contributed by atoms with Crippen molar-refractivity contribution in [3.8, 4) is 0 Å². The molecule has 0 aliphatic carbocycles. The summed E-state index contributed by atoms with van der Waals surface area (Å²) in [4.78, 5) is 0. The molecule has 0 fully saturated rings. The second kappa shape index (κ2) is 3.98. The fourth-order valence-electron chi connectivity index (χ4n) is 0.644. The lowest BCUT2D eigenvalue weighted by molar-refractivity contribution is 0.933. The van der Waals surface area contributed by atoms with Gasteiger partial charge in [0, 0.05) is 16.6 Å². The molecule has 0 unspecified atom stereocenters. The van der Waals surface area contributed by atoms with Gasteiger partial charge < -0.3 is 0 Å². The van der Waals surface area contributed by atoms with Gasteiger partial charge in [0.2, 0.25) is 0 Å². The highest BCUT2D eigenvalue weighted by molar-refractivity contribution is 9.10. The Morgan fingerprint density at radius 1 is 1.30 bits per heavy atom. The van der Waals surface area contributed by atoms with E-state index in [9.17, 15) is 3.89 Å². The van der Waals surface area contributed by atoms with E-state index in [0.717, 1.165) is 10.0 Å². The molecule has 0 N–H and O–H groups in total. The van der Waals surface area contributed by atoms with Crippen LogP contribution in [0.2, 0.25) is 0 Å². The quantitative estimate of drug-likeness (QED) is 0.735. The fraction of sp³-hybridized carbons (Fsp3) is 0.143. The standard InChI is InChI=1S/C7H6BrFS/c8-7-3-1-6(2-4-7)5-10-9/h1-4H,5H2. The monoisotopic (exact) mass is 220 g/mol. The van der Waals surface area contributed by atoms with Gasteiger partial charge in [-0.05, 0) is 17.7 Å². The van der Waals surface area contributed by atoms with Gasteiger partial charge in [0.15, 0.2) is 0 Å². The number of hydrogen-bond donors (Lipinski definition) is 0. The van der Waals surface area contributed by atoms with Gasteiger partial charge >= 0.3 is 0 Å². The Hall–Kier alpha value is -0.0200. The second-order valence-corrected chi connectivity index (χ2v) is 3.30. The van der Waals surface area contributed by atoms with Gasteiger partial charge in [0.05, 0.1) is 5.75 Å². The second-order valence-electron chi connectivity index (χ2n) is 1.88. The minimum Gasteiger partial charge on any atom is -0.165 e. The molecule has 0 aliphatic heterocycles. The predicted octanol–water partition coefficient (Wildman–Crippen LogP) is 3.57. The van der Waals surface area contributed by atoms with Crippen LogP contribution in [0.3, 0.4) is 0 Å². The third-order valence-electron chi connectivity index (χ3n) is 1.13. The topological polar surface area (TPSA) is 0 Å². The van der Waals surface area contributed by atoms with E-state index in [0.29, 0.717) is 17.9 Å². The Kier molecular flexibility index (Phi) is 3.22. The van der Waals surface area contributed by atoms with Gasteiger partial charge in [0.25, 0.3) is 0 Å². The van der Waals surface area contributed by atoms with E-state index in [1.54, 1.807) is 0 Å². The molecule has 1 aromatic carbocycles. The van der Waals surface area contributed by atoms with Crippen molar-refractivity contribution in [2.24, 2.45) is 0 Å². The van der Waals surface area contributed by atoms with E-state index in [1.807, 2.05) is 24.3 Å². The van der Waals surface area contributed by atoms with Crippen LogP contribution in [-0.4, -0.2) is 0 Å². The molecule has 0 nitrogen and oxygen atoms in total. The molecule has 1 rings (SSSR count). The van der Waals surface area contributed by atoms with Crippen LogP contribution >= 0.6 is 28.1 Å². The summed E-state index contributed by atoms with van der Waals surface area (Å²) in [5.41, 5.74) is 1.01. The molecular weight excluding hydrogens is 215 g/mol. The zero-order valence-corrected chi connectivity index (χ0v) is 7.58. The van der Waals surface area contributed by atoms with Crippen molar-refractivity contribution in [2.45, 2.75) is 5.75 Å². The molecule has 0 aromatic heterocycles. The van der Waals surface area contributed by atoms with E-state index >= 15 is 0 Å². The van der Waals surface area contributed by atoms with Gasteiger partial charge in [-0.25, -0.2) is 0 Å². The number of hydrogen-bond acceptors (Lipinski definition) is 1. The van der Waals surface area contributed by atoms with Crippen molar-refractivity contribution in [3.05, 3.63) is 34.3 Å². The van der Waals surface area contributed by atoms with E-state index in [-0.39, 0.29) is 0 Å². The Bertz CT molecular complexity index is 197. The molecule has 54 valence electrons. The van der Waals surface area contributed by atoms with Gasteiger partial charge in [-0.2, -0.15) is 3.89 Å². The Labute approximate surface area is 72.2 Å². The molecule has 0 spiro atoms. The molecule has 0 amide bonds. The maximum Gasteiger partial charge on any atom is 0.0501 e.